The van der Waals surface area contributed by atoms with Crippen molar-refractivity contribution in [3.63, 3.8) is 0 Å². The second-order valence-electron chi connectivity index (χ2n) is 5.43. The number of hydrogen-bond donors (Lipinski definition) is 1. The van der Waals surface area contributed by atoms with Gasteiger partial charge in [0.2, 0.25) is 0 Å². The van der Waals surface area contributed by atoms with Gasteiger partial charge in [0.1, 0.15) is 0 Å². The summed E-state index contributed by atoms with van der Waals surface area (Å²) < 4.78 is 5.11. The van der Waals surface area contributed by atoms with E-state index in [1.807, 2.05) is 0 Å². The van der Waals surface area contributed by atoms with Crippen LogP contribution in [0.5, 0.6) is 0 Å². The van der Waals surface area contributed by atoms with Crippen LogP contribution in [0.1, 0.15) is 10.6 Å². The Labute approximate surface area is 159 Å². The molecule has 3 rings (SSSR count). The number of rotatable bonds is 2. The summed E-state index contributed by atoms with van der Waals surface area (Å²) in [5, 5.41) is 3.63. The fraction of sp³-hybridized carbons (Fsp3) is 0.250. The van der Waals surface area contributed by atoms with Crippen LogP contribution in [0.3, 0.4) is 0 Å². The fourth-order valence-corrected chi connectivity index (χ4v) is 3.08. The van der Waals surface area contributed by atoms with Crippen LogP contribution in [0.15, 0.2) is 34.9 Å². The minimum absolute atomic E-state index is 0.183. The van der Waals surface area contributed by atoms with Gasteiger partial charge in [-0.2, -0.15) is 0 Å². The van der Waals surface area contributed by atoms with Crippen molar-refractivity contribution < 1.29 is 14.0 Å². The zero-order valence-electron chi connectivity index (χ0n) is 13.0. The maximum Gasteiger partial charge on any atom is 0.322 e. The Kier molecular flexibility index (Phi) is 5.42. The molecule has 0 unspecified atom stereocenters. The maximum atomic E-state index is 12.4. The number of carbonyl (C=O) groups is 2. The van der Waals surface area contributed by atoms with Crippen LogP contribution in [-0.2, 0) is 0 Å². The number of piperazine rings is 1. The molecular formula is C16H14Cl3N3O3. The molecule has 132 valence electrons. The number of benzene rings is 1. The molecule has 1 saturated heterocycles. The number of nitrogens with zero attached hydrogens (tertiary/aromatic N) is 2. The van der Waals surface area contributed by atoms with Gasteiger partial charge in [-0.15, -0.1) is 0 Å². The molecule has 3 amide bonds. The van der Waals surface area contributed by atoms with E-state index in [2.05, 4.69) is 5.32 Å². The van der Waals surface area contributed by atoms with E-state index in [4.69, 9.17) is 39.2 Å². The predicted molar refractivity (Wildman–Crippen MR) is 96.7 cm³/mol. The average Bonchev–Trinajstić information content (AvgIpc) is 3.13. The number of hydrogen-bond acceptors (Lipinski definition) is 3. The minimum atomic E-state index is -0.314. The third kappa shape index (κ3) is 4.03. The summed E-state index contributed by atoms with van der Waals surface area (Å²) in [5.41, 5.74) is 0.384. The third-order valence-electron chi connectivity index (χ3n) is 3.84. The van der Waals surface area contributed by atoms with E-state index in [0.717, 1.165) is 0 Å². The van der Waals surface area contributed by atoms with E-state index in [1.54, 1.807) is 21.9 Å². The Morgan fingerprint density at radius 3 is 2.24 bits per heavy atom. The zero-order chi connectivity index (χ0) is 18.0. The Hall–Kier alpha value is -1.89. The van der Waals surface area contributed by atoms with Gasteiger partial charge >= 0.3 is 6.03 Å². The van der Waals surface area contributed by atoms with Crippen LogP contribution in [0.4, 0.5) is 10.5 Å². The van der Waals surface area contributed by atoms with E-state index in [0.29, 0.717) is 52.7 Å². The van der Waals surface area contributed by atoms with Crippen molar-refractivity contribution in [3.8, 4) is 0 Å². The van der Waals surface area contributed by atoms with Crippen molar-refractivity contribution in [2.45, 2.75) is 0 Å². The smallest absolute Gasteiger partial charge is 0.322 e. The van der Waals surface area contributed by atoms with Gasteiger partial charge in [-0.05, 0) is 24.3 Å². The summed E-state index contributed by atoms with van der Waals surface area (Å²) in [6.07, 6.45) is 1.46. The molecule has 25 heavy (non-hydrogen) atoms. The van der Waals surface area contributed by atoms with Crippen LogP contribution in [0.25, 0.3) is 0 Å². The van der Waals surface area contributed by atoms with Gasteiger partial charge < -0.3 is 19.5 Å². The monoisotopic (exact) mass is 401 g/mol. The fourth-order valence-electron chi connectivity index (χ4n) is 2.48. The number of furan rings is 1. The molecule has 1 aliphatic heterocycles. The van der Waals surface area contributed by atoms with E-state index >= 15 is 0 Å². The zero-order valence-corrected chi connectivity index (χ0v) is 15.2. The summed E-state index contributed by atoms with van der Waals surface area (Å²) in [7, 11) is 0. The first-order valence-corrected chi connectivity index (χ1v) is 8.62. The number of amides is 3. The van der Waals surface area contributed by atoms with Crippen LogP contribution in [0.2, 0.25) is 15.1 Å². The molecule has 0 bridgehead atoms. The molecule has 0 radical (unpaired) electrons. The normalized spacial score (nSPS) is 14.5. The number of urea groups is 1. The molecule has 1 aromatic heterocycles. The van der Waals surface area contributed by atoms with Crippen molar-refractivity contribution in [2.75, 3.05) is 31.5 Å². The first-order chi connectivity index (χ1) is 12.0. The summed E-state index contributed by atoms with van der Waals surface area (Å²) in [5.74, 6) is 0.109. The molecule has 0 atom stereocenters. The highest BCUT2D eigenvalue weighted by atomic mass is 35.5. The summed E-state index contributed by atoms with van der Waals surface area (Å²) >= 11 is 17.9. The Morgan fingerprint density at radius 1 is 0.960 bits per heavy atom. The molecule has 0 saturated carbocycles. The highest BCUT2D eigenvalue weighted by molar-refractivity contribution is 6.44. The SMILES string of the molecule is O=C(Nc1cc(Cl)c(Cl)cc1Cl)N1CCN(C(=O)c2ccco2)CC1. The molecular weight excluding hydrogens is 389 g/mol. The van der Waals surface area contributed by atoms with Crippen molar-refractivity contribution >= 4 is 52.4 Å². The highest BCUT2D eigenvalue weighted by Gasteiger charge is 2.26. The van der Waals surface area contributed by atoms with Crippen molar-refractivity contribution in [3.05, 3.63) is 51.4 Å². The van der Waals surface area contributed by atoms with E-state index in [9.17, 15) is 9.59 Å². The molecule has 6 nitrogen and oxygen atoms in total. The predicted octanol–water partition coefficient (Wildman–Crippen LogP) is 4.23. The van der Waals surface area contributed by atoms with Gasteiger partial charge in [0.15, 0.2) is 5.76 Å². The van der Waals surface area contributed by atoms with Crippen LogP contribution < -0.4 is 5.32 Å². The standard InChI is InChI=1S/C16H14Cl3N3O3/c17-10-8-12(19)13(9-11(10)18)20-16(24)22-5-3-21(4-6-22)15(23)14-2-1-7-25-14/h1-2,7-9H,3-6H2,(H,20,24). The number of carbonyl (C=O) groups excluding carboxylic acids is 2. The molecule has 2 aromatic rings. The quantitative estimate of drug-likeness (QED) is 0.765. The molecule has 9 heteroatoms. The molecule has 0 spiro atoms. The van der Waals surface area contributed by atoms with Crippen molar-refractivity contribution in [2.24, 2.45) is 0 Å². The molecule has 1 fully saturated rings. The van der Waals surface area contributed by atoms with E-state index < -0.39 is 0 Å². The van der Waals surface area contributed by atoms with Gasteiger partial charge in [-0.3, -0.25) is 4.79 Å². The Bertz CT molecular complexity index is 787. The van der Waals surface area contributed by atoms with Crippen LogP contribution in [0, 0.1) is 0 Å². The van der Waals surface area contributed by atoms with Crippen molar-refractivity contribution in [1.82, 2.24) is 9.80 Å². The van der Waals surface area contributed by atoms with E-state index in [-0.39, 0.29) is 11.9 Å². The highest BCUT2D eigenvalue weighted by Crippen LogP contribution is 2.32. The Balaban J connectivity index is 1.59. The first-order valence-electron chi connectivity index (χ1n) is 7.49. The van der Waals surface area contributed by atoms with Gasteiger partial charge in [0.05, 0.1) is 27.0 Å². The maximum absolute atomic E-state index is 12.4. The topological polar surface area (TPSA) is 65.8 Å². The second kappa shape index (κ2) is 7.56. The third-order valence-corrected chi connectivity index (χ3v) is 4.87. The minimum Gasteiger partial charge on any atom is -0.459 e. The van der Waals surface area contributed by atoms with Gasteiger partial charge in [0.25, 0.3) is 5.91 Å². The molecule has 1 aliphatic rings. The average molecular weight is 403 g/mol. The molecule has 2 heterocycles. The molecule has 1 aromatic carbocycles. The molecule has 0 aliphatic carbocycles. The number of halogens is 3. The largest absolute Gasteiger partial charge is 0.459 e. The lowest BCUT2D eigenvalue weighted by molar-refractivity contribution is 0.0640. The second-order valence-corrected chi connectivity index (χ2v) is 6.65. The van der Waals surface area contributed by atoms with Gasteiger partial charge in [-0.1, -0.05) is 34.8 Å². The number of nitrogens with one attached hydrogen (secondary N) is 1. The summed E-state index contributed by atoms with van der Waals surface area (Å²) in [4.78, 5) is 27.8. The van der Waals surface area contributed by atoms with Gasteiger partial charge in [-0.25, -0.2) is 4.79 Å². The summed E-state index contributed by atoms with van der Waals surface area (Å²) in [6, 6.07) is 5.94. The summed E-state index contributed by atoms with van der Waals surface area (Å²) in [6.45, 7) is 1.64. The van der Waals surface area contributed by atoms with Crippen LogP contribution in [-0.4, -0.2) is 47.9 Å². The molecule has 1 N–H and O–H groups in total. The Morgan fingerprint density at radius 2 is 1.60 bits per heavy atom. The lowest BCUT2D eigenvalue weighted by atomic mass is 10.3. The van der Waals surface area contributed by atoms with Crippen molar-refractivity contribution in [1.29, 1.82) is 0 Å². The lowest BCUT2D eigenvalue weighted by Gasteiger charge is -2.34. The first kappa shape index (κ1) is 17.9. The van der Waals surface area contributed by atoms with E-state index in [1.165, 1.54) is 18.4 Å². The number of anilines is 1. The van der Waals surface area contributed by atoms with Gasteiger partial charge in [0, 0.05) is 26.2 Å². The lowest BCUT2D eigenvalue weighted by Crippen LogP contribution is -2.51. The van der Waals surface area contributed by atoms with Crippen LogP contribution >= 0.6 is 34.8 Å².